The number of nitrogens with one attached hydrogen (secondary N) is 1. The molecule has 5 nitrogen and oxygen atoms in total. The summed E-state index contributed by atoms with van der Waals surface area (Å²) in [6, 6.07) is -0.121. The fourth-order valence-corrected chi connectivity index (χ4v) is 2.43. The minimum absolute atomic E-state index is 0.0368. The van der Waals surface area contributed by atoms with E-state index in [0.29, 0.717) is 13.0 Å². The van der Waals surface area contributed by atoms with Gasteiger partial charge in [0.15, 0.2) is 9.84 Å². The Kier molecular flexibility index (Phi) is 6.51. The first-order valence-corrected chi connectivity index (χ1v) is 6.92. The number of rotatable bonds is 7. The first kappa shape index (κ1) is 14.4. The Hall–Kier alpha value is -0.620. The molecular formula is C9H20N2O3S. The van der Waals surface area contributed by atoms with Crippen LogP contribution >= 0.6 is 0 Å². The molecule has 0 saturated carbocycles. The molecule has 0 fully saturated rings. The number of carbonyl (C=O) groups excluding carboxylic acids is 1. The zero-order chi connectivity index (χ0) is 11.9. The number of nitrogens with two attached hydrogens (primary N) is 1. The van der Waals surface area contributed by atoms with Crippen LogP contribution in [0.2, 0.25) is 0 Å². The summed E-state index contributed by atoms with van der Waals surface area (Å²) in [5.41, 5.74) is 5.46. The largest absolute Gasteiger partial charge is 0.356 e. The molecule has 0 rings (SSSR count). The van der Waals surface area contributed by atoms with Crippen molar-refractivity contribution in [3.63, 3.8) is 0 Å². The van der Waals surface area contributed by atoms with E-state index in [2.05, 4.69) is 5.32 Å². The summed E-state index contributed by atoms with van der Waals surface area (Å²) in [4.78, 5) is 11.0. The molecule has 0 aliphatic rings. The average Bonchev–Trinajstić information content (AvgIpc) is 2.13. The highest BCUT2D eigenvalue weighted by atomic mass is 32.2. The van der Waals surface area contributed by atoms with E-state index < -0.39 is 9.84 Å². The Morgan fingerprint density at radius 1 is 1.40 bits per heavy atom. The van der Waals surface area contributed by atoms with Crippen LogP contribution in [0.3, 0.4) is 0 Å². The van der Waals surface area contributed by atoms with Crippen LogP contribution in [0.15, 0.2) is 0 Å². The molecule has 0 saturated heterocycles. The lowest BCUT2D eigenvalue weighted by molar-refractivity contribution is -0.120. The Morgan fingerprint density at radius 3 is 2.47 bits per heavy atom. The number of hydrogen-bond acceptors (Lipinski definition) is 4. The van der Waals surface area contributed by atoms with Gasteiger partial charge in [-0.1, -0.05) is 0 Å². The van der Waals surface area contributed by atoms with Crippen LogP contribution in [0.4, 0.5) is 0 Å². The fraction of sp³-hybridized carbons (Fsp3) is 0.889. The molecule has 0 aliphatic heterocycles. The number of amides is 1. The lowest BCUT2D eigenvalue weighted by Crippen LogP contribution is -2.27. The van der Waals surface area contributed by atoms with Gasteiger partial charge < -0.3 is 11.1 Å². The van der Waals surface area contributed by atoms with Gasteiger partial charge in [-0.15, -0.1) is 0 Å². The molecule has 1 atom stereocenters. The van der Waals surface area contributed by atoms with Crippen LogP contribution in [0.5, 0.6) is 0 Å². The van der Waals surface area contributed by atoms with Crippen LogP contribution in [0.25, 0.3) is 0 Å². The Labute approximate surface area is 91.3 Å². The van der Waals surface area contributed by atoms with Crippen molar-refractivity contribution in [1.82, 2.24) is 5.32 Å². The smallest absolute Gasteiger partial charge is 0.221 e. The van der Waals surface area contributed by atoms with Crippen molar-refractivity contribution in [2.75, 3.05) is 18.1 Å². The molecule has 0 aromatic heterocycles. The van der Waals surface area contributed by atoms with Gasteiger partial charge in [-0.05, 0) is 20.3 Å². The van der Waals surface area contributed by atoms with Gasteiger partial charge in [0.25, 0.3) is 0 Å². The maximum Gasteiger partial charge on any atom is 0.221 e. The fourth-order valence-electron chi connectivity index (χ4n) is 1.00. The second kappa shape index (κ2) is 6.79. The normalized spacial score (nSPS) is 13.5. The molecule has 0 aromatic carbocycles. The zero-order valence-corrected chi connectivity index (χ0v) is 10.1. The van der Waals surface area contributed by atoms with E-state index in [1.54, 1.807) is 13.8 Å². The van der Waals surface area contributed by atoms with Crippen LogP contribution in [-0.2, 0) is 14.6 Å². The minimum atomic E-state index is -3.13. The Morgan fingerprint density at radius 2 is 2.00 bits per heavy atom. The van der Waals surface area contributed by atoms with E-state index in [4.69, 9.17) is 5.73 Å². The summed E-state index contributed by atoms with van der Waals surface area (Å²) in [5, 5.41) is 2.55. The standard InChI is InChI=1S/C9H20N2O3S/c1-3-11-9(12)5-7-15(13,14)6-4-8(2)10/h8H,3-7,10H2,1-2H3,(H,11,12). The summed E-state index contributed by atoms with van der Waals surface area (Å²) in [7, 11) is -3.13. The first-order chi connectivity index (χ1) is 6.87. The molecule has 6 heteroatoms. The highest BCUT2D eigenvalue weighted by Gasteiger charge is 2.13. The molecule has 0 bridgehead atoms. The maximum absolute atomic E-state index is 11.4. The van der Waals surface area contributed by atoms with Gasteiger partial charge in [0, 0.05) is 19.0 Å². The molecule has 1 unspecified atom stereocenters. The summed E-state index contributed by atoms with van der Waals surface area (Å²) in [6.07, 6.45) is 0.479. The molecule has 1 amide bonds. The van der Waals surface area contributed by atoms with E-state index in [0.717, 1.165) is 0 Å². The molecule has 0 radical (unpaired) electrons. The van der Waals surface area contributed by atoms with Crippen molar-refractivity contribution in [3.05, 3.63) is 0 Å². The quantitative estimate of drug-likeness (QED) is 0.633. The Balaban J connectivity index is 3.89. The van der Waals surface area contributed by atoms with Crippen molar-refractivity contribution in [3.8, 4) is 0 Å². The van der Waals surface area contributed by atoms with Crippen molar-refractivity contribution < 1.29 is 13.2 Å². The summed E-state index contributed by atoms with van der Waals surface area (Å²) >= 11 is 0. The summed E-state index contributed by atoms with van der Waals surface area (Å²) in [5.74, 6) is -0.253. The monoisotopic (exact) mass is 236 g/mol. The minimum Gasteiger partial charge on any atom is -0.356 e. The third-order valence-corrected chi connectivity index (χ3v) is 3.58. The van der Waals surface area contributed by atoms with Gasteiger partial charge >= 0.3 is 0 Å². The third kappa shape index (κ3) is 8.38. The predicted octanol–water partition coefficient (Wildman–Crippen LogP) is -0.335. The first-order valence-electron chi connectivity index (χ1n) is 5.10. The van der Waals surface area contributed by atoms with E-state index >= 15 is 0 Å². The van der Waals surface area contributed by atoms with E-state index in [1.807, 2.05) is 0 Å². The topological polar surface area (TPSA) is 89.3 Å². The molecule has 0 heterocycles. The average molecular weight is 236 g/mol. The van der Waals surface area contributed by atoms with Crippen LogP contribution < -0.4 is 11.1 Å². The highest BCUT2D eigenvalue weighted by Crippen LogP contribution is 1.99. The van der Waals surface area contributed by atoms with Gasteiger partial charge in [-0.25, -0.2) is 8.42 Å². The van der Waals surface area contributed by atoms with Crippen LogP contribution in [-0.4, -0.2) is 38.4 Å². The van der Waals surface area contributed by atoms with Gasteiger partial charge in [-0.2, -0.15) is 0 Å². The van der Waals surface area contributed by atoms with Gasteiger partial charge in [-0.3, -0.25) is 4.79 Å². The van der Waals surface area contributed by atoms with Crippen LogP contribution in [0, 0.1) is 0 Å². The van der Waals surface area contributed by atoms with E-state index in [9.17, 15) is 13.2 Å². The van der Waals surface area contributed by atoms with Crippen molar-refractivity contribution in [2.45, 2.75) is 32.7 Å². The van der Waals surface area contributed by atoms with Crippen molar-refractivity contribution >= 4 is 15.7 Å². The van der Waals surface area contributed by atoms with E-state index in [1.165, 1.54) is 0 Å². The van der Waals surface area contributed by atoms with Crippen molar-refractivity contribution in [2.24, 2.45) is 5.73 Å². The van der Waals surface area contributed by atoms with Crippen LogP contribution in [0.1, 0.15) is 26.7 Å². The third-order valence-electron chi connectivity index (χ3n) is 1.90. The molecule has 0 aromatic rings. The lowest BCUT2D eigenvalue weighted by Gasteiger charge is -2.06. The molecular weight excluding hydrogens is 216 g/mol. The van der Waals surface area contributed by atoms with Gasteiger partial charge in [0.05, 0.1) is 11.5 Å². The summed E-state index contributed by atoms with van der Waals surface area (Å²) in [6.45, 7) is 4.08. The predicted molar refractivity (Wildman–Crippen MR) is 60.2 cm³/mol. The molecule has 0 aliphatic carbocycles. The number of hydrogen-bond donors (Lipinski definition) is 2. The molecule has 90 valence electrons. The van der Waals surface area contributed by atoms with Gasteiger partial charge in [0.1, 0.15) is 0 Å². The maximum atomic E-state index is 11.4. The SMILES string of the molecule is CCNC(=O)CCS(=O)(=O)CCC(C)N. The van der Waals surface area contributed by atoms with Crippen molar-refractivity contribution in [1.29, 1.82) is 0 Å². The van der Waals surface area contributed by atoms with E-state index in [-0.39, 0.29) is 29.9 Å². The second-order valence-corrected chi connectivity index (χ2v) is 5.92. The highest BCUT2D eigenvalue weighted by molar-refractivity contribution is 7.91. The second-order valence-electron chi connectivity index (χ2n) is 3.62. The molecule has 15 heavy (non-hydrogen) atoms. The van der Waals surface area contributed by atoms with Gasteiger partial charge in [0.2, 0.25) is 5.91 Å². The molecule has 3 N–H and O–H groups in total. The number of carbonyl (C=O) groups is 1. The Bertz CT molecular complexity index is 286. The molecule has 0 spiro atoms. The lowest BCUT2D eigenvalue weighted by atomic mass is 10.3. The summed E-state index contributed by atoms with van der Waals surface area (Å²) < 4.78 is 22.8. The zero-order valence-electron chi connectivity index (χ0n) is 9.32. The number of sulfone groups is 1.